The maximum Gasteiger partial charge on any atom is 0.130 e. The first-order chi connectivity index (χ1) is 5.58. The second kappa shape index (κ2) is 3.66. The van der Waals surface area contributed by atoms with Crippen molar-refractivity contribution in [1.82, 2.24) is 4.98 Å². The molecule has 0 aliphatic rings. The molecule has 0 aromatic carbocycles. The summed E-state index contributed by atoms with van der Waals surface area (Å²) in [5.74, 6) is -0.225. The number of hydrogen-bond acceptors (Lipinski definition) is 3. The second-order valence-corrected chi connectivity index (χ2v) is 4.71. The zero-order valence-corrected chi connectivity index (χ0v) is 8.62. The Labute approximate surface area is 80.6 Å². The zero-order valence-electron chi connectivity index (χ0n) is 6.91. The monoisotopic (exact) mass is 203 g/mol. The van der Waals surface area contributed by atoms with Crippen molar-refractivity contribution in [2.75, 3.05) is 0 Å². The van der Waals surface area contributed by atoms with Crippen LogP contribution in [0, 0.1) is 5.82 Å². The van der Waals surface area contributed by atoms with Gasteiger partial charge in [0.25, 0.3) is 0 Å². The van der Waals surface area contributed by atoms with E-state index in [2.05, 4.69) is 16.6 Å². The topological polar surface area (TPSA) is 12.9 Å². The highest BCUT2D eigenvalue weighted by Crippen LogP contribution is 2.38. The van der Waals surface area contributed by atoms with E-state index in [1.165, 1.54) is 23.1 Å². The first-order valence-corrected chi connectivity index (χ1v) is 5.37. The van der Waals surface area contributed by atoms with Crippen molar-refractivity contribution in [3.63, 3.8) is 0 Å². The van der Waals surface area contributed by atoms with Crippen LogP contribution in [0.5, 0.6) is 0 Å². The summed E-state index contributed by atoms with van der Waals surface area (Å²) in [6.07, 6.45) is 2.98. The average molecular weight is 203 g/mol. The number of rotatable bonds is 2. The Kier molecular flexibility index (Phi) is 3.01. The van der Waals surface area contributed by atoms with Crippen LogP contribution in [0.15, 0.2) is 18.5 Å². The lowest BCUT2D eigenvalue weighted by Gasteiger charge is -2.21. The summed E-state index contributed by atoms with van der Waals surface area (Å²) in [6.45, 7) is 3.82. The highest BCUT2D eigenvalue weighted by atomic mass is 33.1. The summed E-state index contributed by atoms with van der Waals surface area (Å²) >= 11 is 4.08. The Balaban J connectivity index is 3.10. The van der Waals surface area contributed by atoms with Crippen LogP contribution in [0.3, 0.4) is 0 Å². The van der Waals surface area contributed by atoms with E-state index >= 15 is 0 Å². The molecule has 0 N–H and O–H groups in total. The van der Waals surface area contributed by atoms with Crippen LogP contribution in [-0.4, -0.2) is 4.98 Å². The van der Waals surface area contributed by atoms with Gasteiger partial charge in [0, 0.05) is 22.7 Å². The zero-order chi connectivity index (χ0) is 9.19. The van der Waals surface area contributed by atoms with Crippen molar-refractivity contribution in [2.24, 2.45) is 0 Å². The molecular formula is C8H10FNS2. The van der Waals surface area contributed by atoms with Gasteiger partial charge < -0.3 is 0 Å². The standard InChI is InChI=1S/C8H10FNS2/c1-8(2,12-11)6-5-10-4-3-7(6)9/h3-5,11H,1-2H3. The number of halogens is 1. The molecule has 0 unspecified atom stereocenters. The van der Waals surface area contributed by atoms with Gasteiger partial charge in [-0.1, -0.05) is 10.8 Å². The van der Waals surface area contributed by atoms with E-state index in [0.717, 1.165) is 0 Å². The Bertz CT molecular complexity index is 276. The predicted octanol–water partition coefficient (Wildman–Crippen LogP) is 3.03. The third-order valence-corrected chi connectivity index (χ3v) is 3.69. The SMILES string of the molecule is CC(C)(SS)c1cnccc1F. The van der Waals surface area contributed by atoms with Crippen LogP contribution in [0.2, 0.25) is 0 Å². The molecule has 0 amide bonds. The largest absolute Gasteiger partial charge is 0.264 e. The number of thiol groups is 1. The molecule has 0 spiro atoms. The molecule has 0 aliphatic carbocycles. The van der Waals surface area contributed by atoms with Gasteiger partial charge in [0.05, 0.1) is 0 Å². The maximum absolute atomic E-state index is 13.2. The van der Waals surface area contributed by atoms with Crippen LogP contribution in [0.25, 0.3) is 0 Å². The average Bonchev–Trinajstić information content (AvgIpc) is 2.05. The van der Waals surface area contributed by atoms with Crippen molar-refractivity contribution >= 4 is 22.5 Å². The lowest BCUT2D eigenvalue weighted by molar-refractivity contribution is 0.584. The number of aromatic nitrogens is 1. The Hall–Kier alpha value is -0.220. The van der Waals surface area contributed by atoms with Crippen LogP contribution < -0.4 is 0 Å². The van der Waals surface area contributed by atoms with E-state index < -0.39 is 0 Å². The Morgan fingerprint density at radius 2 is 2.25 bits per heavy atom. The molecule has 1 aromatic heterocycles. The van der Waals surface area contributed by atoms with Gasteiger partial charge in [0.15, 0.2) is 0 Å². The molecule has 0 bridgehead atoms. The highest BCUT2D eigenvalue weighted by molar-refractivity contribution is 8.68. The van der Waals surface area contributed by atoms with Gasteiger partial charge in [-0.05, 0) is 19.9 Å². The number of pyridine rings is 1. The smallest absolute Gasteiger partial charge is 0.130 e. The normalized spacial score (nSPS) is 11.7. The minimum Gasteiger partial charge on any atom is -0.264 e. The first-order valence-electron chi connectivity index (χ1n) is 3.50. The van der Waals surface area contributed by atoms with Crippen molar-refractivity contribution in [3.05, 3.63) is 29.8 Å². The lowest BCUT2D eigenvalue weighted by Crippen LogP contribution is -2.12. The molecule has 0 saturated heterocycles. The third kappa shape index (κ3) is 1.93. The van der Waals surface area contributed by atoms with Gasteiger partial charge in [0.2, 0.25) is 0 Å². The lowest BCUT2D eigenvalue weighted by atomic mass is 10.0. The molecule has 1 aromatic rings. The number of hydrogen-bond donors (Lipinski definition) is 1. The van der Waals surface area contributed by atoms with E-state index in [0.29, 0.717) is 5.56 Å². The third-order valence-electron chi connectivity index (χ3n) is 1.64. The summed E-state index contributed by atoms with van der Waals surface area (Å²) in [4.78, 5) is 3.87. The molecule has 66 valence electrons. The van der Waals surface area contributed by atoms with Gasteiger partial charge >= 0.3 is 0 Å². The van der Waals surface area contributed by atoms with Crippen molar-refractivity contribution in [3.8, 4) is 0 Å². The van der Waals surface area contributed by atoms with Gasteiger partial charge in [-0.2, -0.15) is 0 Å². The molecule has 1 heterocycles. The highest BCUT2D eigenvalue weighted by Gasteiger charge is 2.23. The molecule has 1 nitrogen and oxygen atoms in total. The predicted molar refractivity (Wildman–Crippen MR) is 53.8 cm³/mol. The van der Waals surface area contributed by atoms with Crippen LogP contribution in [0.1, 0.15) is 19.4 Å². The fraction of sp³-hybridized carbons (Fsp3) is 0.375. The van der Waals surface area contributed by atoms with Gasteiger partial charge in [-0.3, -0.25) is 4.98 Å². The van der Waals surface area contributed by atoms with Crippen molar-refractivity contribution in [2.45, 2.75) is 18.6 Å². The second-order valence-electron chi connectivity index (χ2n) is 2.96. The van der Waals surface area contributed by atoms with Crippen molar-refractivity contribution in [1.29, 1.82) is 0 Å². The van der Waals surface area contributed by atoms with E-state index in [-0.39, 0.29) is 10.6 Å². The quantitative estimate of drug-likeness (QED) is 0.586. The summed E-state index contributed by atoms with van der Waals surface area (Å²) in [6, 6.07) is 1.36. The molecule has 0 saturated carbocycles. The van der Waals surface area contributed by atoms with Crippen LogP contribution in [-0.2, 0) is 4.75 Å². The number of nitrogens with zero attached hydrogens (tertiary/aromatic N) is 1. The molecule has 4 heteroatoms. The van der Waals surface area contributed by atoms with Gasteiger partial charge in [-0.25, -0.2) is 4.39 Å². The fourth-order valence-corrected chi connectivity index (χ4v) is 1.41. The molecule has 0 radical (unpaired) electrons. The summed E-state index contributed by atoms with van der Waals surface area (Å²) in [5, 5.41) is 0. The van der Waals surface area contributed by atoms with Gasteiger partial charge in [-0.15, -0.1) is 11.7 Å². The van der Waals surface area contributed by atoms with E-state index in [9.17, 15) is 4.39 Å². The Morgan fingerprint density at radius 1 is 1.58 bits per heavy atom. The molecular weight excluding hydrogens is 193 g/mol. The van der Waals surface area contributed by atoms with Gasteiger partial charge in [0.1, 0.15) is 5.82 Å². The van der Waals surface area contributed by atoms with Crippen molar-refractivity contribution < 1.29 is 4.39 Å². The first kappa shape index (κ1) is 9.86. The maximum atomic E-state index is 13.2. The molecule has 0 fully saturated rings. The van der Waals surface area contributed by atoms with E-state index in [1.807, 2.05) is 13.8 Å². The van der Waals surface area contributed by atoms with Crippen LogP contribution in [0.4, 0.5) is 4.39 Å². The summed E-state index contributed by atoms with van der Waals surface area (Å²) < 4.78 is 12.9. The minimum atomic E-state index is -0.332. The van der Waals surface area contributed by atoms with E-state index in [1.54, 1.807) is 6.20 Å². The molecule has 12 heavy (non-hydrogen) atoms. The molecule has 0 aliphatic heterocycles. The fourth-order valence-electron chi connectivity index (χ4n) is 0.870. The summed E-state index contributed by atoms with van der Waals surface area (Å²) in [7, 11) is 1.31. The summed E-state index contributed by atoms with van der Waals surface area (Å²) in [5.41, 5.74) is 0.588. The van der Waals surface area contributed by atoms with E-state index in [4.69, 9.17) is 0 Å². The Morgan fingerprint density at radius 3 is 2.75 bits per heavy atom. The minimum absolute atomic E-state index is 0.225. The molecule has 1 rings (SSSR count). The van der Waals surface area contributed by atoms with Crippen LogP contribution >= 0.6 is 22.5 Å². The molecule has 0 atom stereocenters.